The lowest BCUT2D eigenvalue weighted by molar-refractivity contribution is -0.144. The maximum atomic E-state index is 11.3. The summed E-state index contributed by atoms with van der Waals surface area (Å²) in [5.41, 5.74) is 7.54. The zero-order chi connectivity index (χ0) is 11.3. The van der Waals surface area contributed by atoms with Crippen molar-refractivity contribution >= 4 is 17.6 Å². The number of aromatic nitrogens is 1. The number of hydrogen-bond acceptors (Lipinski definition) is 5. The molecular weight excluding hydrogens is 202 g/mol. The first kappa shape index (κ1) is 10.9. The summed E-state index contributed by atoms with van der Waals surface area (Å²) >= 11 is 0. The molecule has 0 unspecified atom stereocenters. The van der Waals surface area contributed by atoms with Crippen LogP contribution in [0.5, 0.6) is 0 Å². The molecule has 80 valence electrons. The van der Waals surface area contributed by atoms with Crippen LogP contribution in [0.4, 0.5) is 5.69 Å². The molecule has 0 spiro atoms. The molecule has 1 aromatic heterocycles. The van der Waals surface area contributed by atoms with Gasteiger partial charge in [-0.15, -0.1) is 0 Å². The molecule has 0 aliphatic carbocycles. The largest absolute Gasteiger partial charge is 0.479 e. The van der Waals surface area contributed by atoms with Crippen molar-refractivity contribution in [1.82, 2.24) is 10.5 Å². The molecular formula is C8H9N3O4. The zero-order valence-corrected chi connectivity index (χ0v) is 7.64. The molecule has 7 heteroatoms. The first-order chi connectivity index (χ1) is 7.11. The van der Waals surface area contributed by atoms with Crippen molar-refractivity contribution in [3.05, 3.63) is 24.0 Å². The zero-order valence-electron chi connectivity index (χ0n) is 7.64. The summed E-state index contributed by atoms with van der Waals surface area (Å²) in [4.78, 5) is 29.4. The van der Waals surface area contributed by atoms with E-state index in [4.69, 9.17) is 10.8 Å². The van der Waals surface area contributed by atoms with Crippen LogP contribution in [0.15, 0.2) is 18.3 Å². The van der Waals surface area contributed by atoms with Crippen molar-refractivity contribution in [1.29, 1.82) is 0 Å². The van der Waals surface area contributed by atoms with Crippen LogP contribution in [-0.4, -0.2) is 28.6 Å². The highest BCUT2D eigenvalue weighted by atomic mass is 16.7. The number of hydrogen-bond donors (Lipinski definition) is 3. The van der Waals surface area contributed by atoms with Crippen molar-refractivity contribution in [2.75, 3.05) is 12.3 Å². The van der Waals surface area contributed by atoms with Gasteiger partial charge in [-0.2, -0.15) is 0 Å². The molecule has 0 aromatic carbocycles. The van der Waals surface area contributed by atoms with Gasteiger partial charge in [0.15, 0.2) is 12.3 Å². The van der Waals surface area contributed by atoms with E-state index in [0.29, 0.717) is 0 Å². The summed E-state index contributed by atoms with van der Waals surface area (Å²) in [7, 11) is 0. The van der Waals surface area contributed by atoms with E-state index in [0.717, 1.165) is 0 Å². The lowest BCUT2D eigenvalue weighted by Gasteiger charge is -2.04. The lowest BCUT2D eigenvalue weighted by atomic mass is 10.3. The van der Waals surface area contributed by atoms with Gasteiger partial charge in [0.25, 0.3) is 5.91 Å². The van der Waals surface area contributed by atoms with Crippen molar-refractivity contribution in [2.24, 2.45) is 0 Å². The van der Waals surface area contributed by atoms with E-state index in [1.807, 2.05) is 5.48 Å². The normalized spacial score (nSPS) is 9.60. The highest BCUT2D eigenvalue weighted by Crippen LogP contribution is 2.05. The molecule has 0 radical (unpaired) electrons. The Morgan fingerprint density at radius 3 is 2.93 bits per heavy atom. The molecule has 1 aromatic rings. The third-order valence-corrected chi connectivity index (χ3v) is 1.41. The molecule has 0 aliphatic rings. The monoisotopic (exact) mass is 211 g/mol. The number of amides is 1. The molecule has 0 saturated heterocycles. The number of anilines is 1. The van der Waals surface area contributed by atoms with Crippen LogP contribution in [0, 0.1) is 0 Å². The number of carbonyl (C=O) groups excluding carboxylic acids is 1. The first-order valence-corrected chi connectivity index (χ1v) is 3.95. The predicted molar refractivity (Wildman–Crippen MR) is 49.7 cm³/mol. The van der Waals surface area contributed by atoms with Gasteiger partial charge in [0.05, 0.1) is 5.69 Å². The summed E-state index contributed by atoms with van der Waals surface area (Å²) in [6, 6.07) is 3.07. The smallest absolute Gasteiger partial charge is 0.332 e. The summed E-state index contributed by atoms with van der Waals surface area (Å²) in [5, 5.41) is 8.23. The van der Waals surface area contributed by atoms with Crippen LogP contribution >= 0.6 is 0 Å². The second-order valence-electron chi connectivity index (χ2n) is 2.55. The van der Waals surface area contributed by atoms with Crippen LogP contribution in [0.3, 0.4) is 0 Å². The first-order valence-electron chi connectivity index (χ1n) is 3.95. The Hall–Kier alpha value is -2.15. The molecule has 1 rings (SSSR count). The third-order valence-electron chi connectivity index (χ3n) is 1.41. The quantitative estimate of drug-likeness (QED) is 0.573. The highest BCUT2D eigenvalue weighted by molar-refractivity contribution is 5.96. The Balaban J connectivity index is 2.54. The van der Waals surface area contributed by atoms with Gasteiger partial charge in [-0.25, -0.2) is 15.3 Å². The van der Waals surface area contributed by atoms with Crippen LogP contribution in [-0.2, 0) is 9.63 Å². The number of rotatable bonds is 4. The minimum absolute atomic E-state index is 0.0112. The number of nitrogens with two attached hydrogens (primary N) is 1. The van der Waals surface area contributed by atoms with Crippen LogP contribution in [0.1, 0.15) is 10.5 Å². The summed E-state index contributed by atoms with van der Waals surface area (Å²) in [6.45, 7) is -0.627. The number of hydroxylamine groups is 1. The van der Waals surface area contributed by atoms with Gasteiger partial charge in [0.1, 0.15) is 0 Å². The lowest BCUT2D eigenvalue weighted by Crippen LogP contribution is -2.28. The van der Waals surface area contributed by atoms with E-state index in [2.05, 4.69) is 9.82 Å². The fourth-order valence-electron chi connectivity index (χ4n) is 0.819. The second-order valence-corrected chi connectivity index (χ2v) is 2.55. The van der Waals surface area contributed by atoms with E-state index >= 15 is 0 Å². The summed E-state index contributed by atoms with van der Waals surface area (Å²) < 4.78 is 0. The van der Waals surface area contributed by atoms with Gasteiger partial charge >= 0.3 is 5.97 Å². The number of carboxylic acid groups (broad SMARTS) is 1. The Kier molecular flexibility index (Phi) is 3.58. The van der Waals surface area contributed by atoms with Gasteiger partial charge in [-0.3, -0.25) is 9.63 Å². The number of carboxylic acids is 1. The third kappa shape index (κ3) is 3.24. The molecule has 0 saturated carbocycles. The summed E-state index contributed by atoms with van der Waals surface area (Å²) in [6.07, 6.45) is 1.39. The van der Waals surface area contributed by atoms with E-state index < -0.39 is 18.5 Å². The average Bonchev–Trinajstić information content (AvgIpc) is 2.17. The Morgan fingerprint density at radius 2 is 2.33 bits per heavy atom. The Bertz CT molecular complexity index is 380. The van der Waals surface area contributed by atoms with Crippen molar-refractivity contribution in [3.8, 4) is 0 Å². The topological polar surface area (TPSA) is 115 Å². The molecule has 1 heterocycles. The fourth-order valence-corrected chi connectivity index (χ4v) is 0.819. The molecule has 1 amide bonds. The van der Waals surface area contributed by atoms with E-state index in [1.165, 1.54) is 12.3 Å². The maximum Gasteiger partial charge on any atom is 0.332 e. The molecule has 7 nitrogen and oxygen atoms in total. The van der Waals surface area contributed by atoms with Crippen molar-refractivity contribution < 1.29 is 19.5 Å². The number of nitrogen functional groups attached to an aromatic ring is 1. The molecule has 0 aliphatic heterocycles. The minimum Gasteiger partial charge on any atom is -0.479 e. The number of nitrogens with one attached hydrogen (secondary N) is 1. The van der Waals surface area contributed by atoms with E-state index in [-0.39, 0.29) is 11.4 Å². The van der Waals surface area contributed by atoms with Gasteiger partial charge < -0.3 is 10.8 Å². The summed E-state index contributed by atoms with van der Waals surface area (Å²) in [5.74, 6) is -1.88. The SMILES string of the molecule is Nc1cccnc1C(=O)NOCC(=O)O. The molecule has 0 fully saturated rings. The molecule has 4 N–H and O–H groups in total. The van der Waals surface area contributed by atoms with Gasteiger partial charge in [0, 0.05) is 6.20 Å². The van der Waals surface area contributed by atoms with Crippen LogP contribution in [0.25, 0.3) is 0 Å². The van der Waals surface area contributed by atoms with Gasteiger partial charge in [0.2, 0.25) is 0 Å². The standard InChI is InChI=1S/C8H9N3O4/c9-5-2-1-3-10-7(5)8(14)11-15-4-6(12)13/h1-3H,4,9H2,(H,11,14)(H,12,13). The fraction of sp³-hybridized carbons (Fsp3) is 0.125. The Labute approximate surface area is 84.8 Å². The number of carbonyl (C=O) groups is 2. The highest BCUT2D eigenvalue weighted by Gasteiger charge is 2.10. The number of nitrogens with zero attached hydrogens (tertiary/aromatic N) is 1. The minimum atomic E-state index is -1.19. The average molecular weight is 211 g/mol. The number of aliphatic carboxylic acids is 1. The predicted octanol–water partition coefficient (Wildman–Crippen LogP) is -0.590. The van der Waals surface area contributed by atoms with E-state index in [9.17, 15) is 9.59 Å². The molecule has 0 atom stereocenters. The van der Waals surface area contributed by atoms with Gasteiger partial charge in [-0.1, -0.05) is 0 Å². The van der Waals surface area contributed by atoms with Crippen LogP contribution < -0.4 is 11.2 Å². The Morgan fingerprint density at radius 1 is 1.60 bits per heavy atom. The second kappa shape index (κ2) is 4.91. The van der Waals surface area contributed by atoms with Crippen LogP contribution in [0.2, 0.25) is 0 Å². The van der Waals surface area contributed by atoms with E-state index in [1.54, 1.807) is 6.07 Å². The number of pyridine rings is 1. The molecule has 15 heavy (non-hydrogen) atoms. The maximum absolute atomic E-state index is 11.3. The van der Waals surface area contributed by atoms with Crippen molar-refractivity contribution in [3.63, 3.8) is 0 Å². The van der Waals surface area contributed by atoms with Gasteiger partial charge in [-0.05, 0) is 12.1 Å². The van der Waals surface area contributed by atoms with Crippen molar-refractivity contribution in [2.45, 2.75) is 0 Å². The molecule has 0 bridgehead atoms.